The predicted molar refractivity (Wildman–Crippen MR) is 175 cm³/mol. The molecular weight excluding hydrogens is 570 g/mol. The number of pyridine rings is 1. The summed E-state index contributed by atoms with van der Waals surface area (Å²) in [6.45, 7) is 10.3. The number of amides is 1. The Morgan fingerprint density at radius 3 is 2.53 bits per heavy atom. The van der Waals surface area contributed by atoms with Crippen LogP contribution >= 0.6 is 0 Å². The number of carbonyl (C=O) groups excluding carboxylic acids is 2. The molecule has 1 atom stereocenters. The third kappa shape index (κ3) is 8.01. The molecule has 0 spiro atoms. The monoisotopic (exact) mass is 615 g/mol. The Morgan fingerprint density at radius 2 is 1.84 bits per heavy atom. The molecule has 5 rings (SSSR count). The minimum absolute atomic E-state index is 0.0976. The molecule has 0 aliphatic carbocycles. The van der Waals surface area contributed by atoms with E-state index in [4.69, 9.17) is 14.5 Å². The Kier molecular flexibility index (Phi) is 10.0. The minimum atomic E-state index is -0.948. The van der Waals surface area contributed by atoms with Crippen molar-refractivity contribution in [3.63, 3.8) is 0 Å². The first-order valence-electron chi connectivity index (χ1n) is 15.9. The Labute approximate surface area is 265 Å². The largest absolute Gasteiger partial charge is 0.497 e. The smallest absolute Gasteiger partial charge is 0.331 e. The van der Waals surface area contributed by atoms with Crippen molar-refractivity contribution < 1.29 is 19.1 Å². The molecule has 240 valence electrons. The van der Waals surface area contributed by atoms with Gasteiger partial charge < -0.3 is 30.3 Å². The topological polar surface area (TPSA) is 131 Å². The molecule has 3 aromatic rings. The Morgan fingerprint density at radius 1 is 1.09 bits per heavy atom. The molecule has 2 aromatic heterocycles. The van der Waals surface area contributed by atoms with Gasteiger partial charge in [0, 0.05) is 48.9 Å². The van der Waals surface area contributed by atoms with Crippen molar-refractivity contribution in [3.8, 4) is 5.75 Å². The number of anilines is 3. The highest BCUT2D eigenvalue weighted by Crippen LogP contribution is 2.33. The van der Waals surface area contributed by atoms with E-state index in [1.165, 1.54) is 5.56 Å². The van der Waals surface area contributed by atoms with Gasteiger partial charge in [-0.2, -0.15) is 0 Å². The second kappa shape index (κ2) is 14.1. The lowest BCUT2D eigenvalue weighted by Gasteiger charge is -2.34. The number of aromatic nitrogens is 3. The number of hydrogen-bond donors (Lipinski definition) is 3. The fourth-order valence-corrected chi connectivity index (χ4v) is 5.86. The first-order chi connectivity index (χ1) is 21.6. The fourth-order valence-electron chi connectivity index (χ4n) is 5.86. The van der Waals surface area contributed by atoms with Crippen LogP contribution in [0.5, 0.6) is 5.75 Å². The van der Waals surface area contributed by atoms with Crippen molar-refractivity contribution in [1.29, 1.82) is 0 Å². The van der Waals surface area contributed by atoms with Crippen LogP contribution in [0.3, 0.4) is 0 Å². The molecular formula is C34H45N7O4. The first kappa shape index (κ1) is 32.0. The van der Waals surface area contributed by atoms with Gasteiger partial charge in [0.1, 0.15) is 41.2 Å². The summed E-state index contributed by atoms with van der Waals surface area (Å²) in [6, 6.07) is 10.2. The second-order valence-electron chi connectivity index (χ2n) is 12.6. The number of nitrogens with zero attached hydrogens (tertiary/aromatic N) is 4. The highest BCUT2D eigenvalue weighted by Gasteiger charge is 2.29. The number of methoxy groups -OCH3 is 1. The number of ether oxygens (including phenoxy) is 2. The number of benzene rings is 1. The summed E-state index contributed by atoms with van der Waals surface area (Å²) in [5.74, 6) is 2.71. The zero-order chi connectivity index (χ0) is 32.0. The van der Waals surface area contributed by atoms with E-state index in [0.29, 0.717) is 29.5 Å². The van der Waals surface area contributed by atoms with E-state index in [1.807, 2.05) is 0 Å². The molecule has 1 aromatic carbocycles. The third-order valence-corrected chi connectivity index (χ3v) is 8.23. The van der Waals surface area contributed by atoms with Crippen LogP contribution in [0.15, 0.2) is 42.7 Å². The number of rotatable bonds is 10. The SMILES string of the molecule is CCc1c(NC[C@H](NC(=O)c2ccc(OC)cc2)C(=O)OC(C)(C)C)ncnc1N1CCC(c2ccc3c(n2)NCCC3)CC1. The number of piperidine rings is 1. The van der Waals surface area contributed by atoms with E-state index in [2.05, 4.69) is 49.9 Å². The van der Waals surface area contributed by atoms with Gasteiger partial charge in [-0.3, -0.25) is 4.79 Å². The van der Waals surface area contributed by atoms with Crippen molar-refractivity contribution in [2.75, 3.05) is 48.8 Å². The van der Waals surface area contributed by atoms with Crippen LogP contribution in [0, 0.1) is 0 Å². The van der Waals surface area contributed by atoms with Crippen LogP contribution in [0.1, 0.15) is 80.1 Å². The van der Waals surface area contributed by atoms with E-state index < -0.39 is 17.6 Å². The lowest BCUT2D eigenvalue weighted by Crippen LogP contribution is -2.48. The number of esters is 1. The molecule has 1 saturated heterocycles. The molecule has 45 heavy (non-hydrogen) atoms. The average Bonchev–Trinajstić information content (AvgIpc) is 3.05. The van der Waals surface area contributed by atoms with Crippen LogP contribution in [0.2, 0.25) is 0 Å². The van der Waals surface area contributed by atoms with E-state index in [9.17, 15) is 9.59 Å². The summed E-state index contributed by atoms with van der Waals surface area (Å²) in [7, 11) is 1.57. The van der Waals surface area contributed by atoms with E-state index >= 15 is 0 Å². The summed E-state index contributed by atoms with van der Waals surface area (Å²) in [5, 5.41) is 9.61. The summed E-state index contributed by atoms with van der Waals surface area (Å²) in [4.78, 5) is 42.8. The van der Waals surface area contributed by atoms with Gasteiger partial charge in [0.2, 0.25) is 0 Å². The molecule has 2 aliphatic rings. The number of fused-ring (bicyclic) bond motifs is 1. The number of aryl methyl sites for hydroxylation is 1. The molecule has 0 unspecified atom stereocenters. The quantitative estimate of drug-likeness (QED) is 0.275. The first-order valence-corrected chi connectivity index (χ1v) is 15.9. The zero-order valence-electron chi connectivity index (χ0n) is 27.0. The highest BCUT2D eigenvalue weighted by atomic mass is 16.6. The number of carbonyl (C=O) groups is 2. The molecule has 0 saturated carbocycles. The van der Waals surface area contributed by atoms with Gasteiger partial charge in [-0.05, 0) is 88.8 Å². The van der Waals surface area contributed by atoms with Crippen molar-refractivity contribution in [3.05, 3.63) is 65.1 Å². The maximum atomic E-state index is 13.2. The van der Waals surface area contributed by atoms with Crippen LogP contribution < -0.4 is 25.6 Å². The van der Waals surface area contributed by atoms with Gasteiger partial charge >= 0.3 is 5.97 Å². The summed E-state index contributed by atoms with van der Waals surface area (Å²) >= 11 is 0. The third-order valence-electron chi connectivity index (χ3n) is 8.23. The van der Waals surface area contributed by atoms with E-state index in [-0.39, 0.29) is 12.5 Å². The second-order valence-corrected chi connectivity index (χ2v) is 12.6. The van der Waals surface area contributed by atoms with Crippen LogP contribution in [0.4, 0.5) is 17.5 Å². The van der Waals surface area contributed by atoms with Crippen LogP contribution in [0.25, 0.3) is 0 Å². The molecule has 11 heteroatoms. The zero-order valence-corrected chi connectivity index (χ0v) is 27.0. The number of hydrogen-bond acceptors (Lipinski definition) is 10. The number of nitrogens with one attached hydrogen (secondary N) is 3. The van der Waals surface area contributed by atoms with E-state index in [1.54, 1.807) is 58.5 Å². The summed E-state index contributed by atoms with van der Waals surface area (Å²) in [6.07, 6.45) is 6.47. The van der Waals surface area contributed by atoms with Crippen molar-refractivity contribution in [2.24, 2.45) is 0 Å². The van der Waals surface area contributed by atoms with E-state index in [0.717, 1.165) is 68.2 Å². The van der Waals surface area contributed by atoms with Gasteiger partial charge in [0.15, 0.2) is 0 Å². The standard InChI is InChI=1S/C34H45N7O4/c1-6-26-30(36-20-28(33(43)45-34(2,3)4)40-32(42)24-9-12-25(44-5)13-10-24)37-21-38-31(26)41-18-15-22(16-19-41)27-14-11-23-8-7-17-35-29(23)39-27/h9-14,21-22,28H,6-8,15-20H2,1-5H3,(H,35,39)(H,40,42)(H,36,37,38)/t28-/m0/s1. The minimum Gasteiger partial charge on any atom is -0.497 e. The fraction of sp³-hybridized carbons (Fsp3) is 0.500. The Balaban J connectivity index is 1.27. The predicted octanol–water partition coefficient (Wildman–Crippen LogP) is 4.74. The summed E-state index contributed by atoms with van der Waals surface area (Å²) in [5.41, 5.74) is 3.14. The molecule has 1 amide bonds. The van der Waals surface area contributed by atoms with Gasteiger partial charge in [-0.1, -0.05) is 13.0 Å². The molecule has 0 radical (unpaired) electrons. The lowest BCUT2D eigenvalue weighted by atomic mass is 9.92. The molecule has 3 N–H and O–H groups in total. The molecule has 11 nitrogen and oxygen atoms in total. The summed E-state index contributed by atoms with van der Waals surface area (Å²) < 4.78 is 10.8. The van der Waals surface area contributed by atoms with Gasteiger partial charge in [0.25, 0.3) is 5.91 Å². The average molecular weight is 616 g/mol. The maximum Gasteiger partial charge on any atom is 0.331 e. The van der Waals surface area contributed by atoms with Gasteiger partial charge in [-0.15, -0.1) is 0 Å². The van der Waals surface area contributed by atoms with Crippen molar-refractivity contribution in [2.45, 2.75) is 77.4 Å². The molecule has 4 heterocycles. The maximum absolute atomic E-state index is 13.2. The Bertz CT molecular complexity index is 1480. The lowest BCUT2D eigenvalue weighted by molar-refractivity contribution is -0.156. The van der Waals surface area contributed by atoms with Gasteiger partial charge in [0.05, 0.1) is 7.11 Å². The highest BCUT2D eigenvalue weighted by molar-refractivity contribution is 5.97. The molecule has 1 fully saturated rings. The normalized spacial score (nSPS) is 15.8. The van der Waals surface area contributed by atoms with Crippen LogP contribution in [-0.4, -0.2) is 71.8 Å². The molecule has 0 bridgehead atoms. The Hall–Kier alpha value is -4.41. The molecule has 2 aliphatic heterocycles. The van der Waals surface area contributed by atoms with Gasteiger partial charge in [-0.25, -0.2) is 19.7 Å². The van der Waals surface area contributed by atoms with Crippen molar-refractivity contribution in [1.82, 2.24) is 20.3 Å². The van der Waals surface area contributed by atoms with Crippen LogP contribution in [-0.2, 0) is 22.4 Å². The van der Waals surface area contributed by atoms with Crippen molar-refractivity contribution >= 4 is 29.3 Å².